The third-order valence-electron chi connectivity index (χ3n) is 5.00. The summed E-state index contributed by atoms with van der Waals surface area (Å²) in [5, 5.41) is 7.77. The molecule has 0 unspecified atom stereocenters. The fourth-order valence-electron chi connectivity index (χ4n) is 3.59. The van der Waals surface area contributed by atoms with Gasteiger partial charge in [0.15, 0.2) is 0 Å². The Morgan fingerprint density at radius 3 is 2.33 bits per heavy atom. The Labute approximate surface area is 179 Å². The van der Waals surface area contributed by atoms with Crippen LogP contribution >= 0.6 is 11.8 Å². The summed E-state index contributed by atoms with van der Waals surface area (Å²) in [6.45, 7) is 0. The largest absolute Gasteiger partial charge is 0.354 e. The summed E-state index contributed by atoms with van der Waals surface area (Å²) < 4.78 is 0. The van der Waals surface area contributed by atoms with Gasteiger partial charge in [0, 0.05) is 27.5 Å². The van der Waals surface area contributed by atoms with E-state index in [0.717, 1.165) is 38.0 Å². The zero-order valence-corrected chi connectivity index (χ0v) is 16.9. The van der Waals surface area contributed by atoms with Gasteiger partial charge in [0.1, 0.15) is 0 Å². The molecule has 0 atom stereocenters. The van der Waals surface area contributed by atoms with E-state index < -0.39 is 0 Å². The van der Waals surface area contributed by atoms with Crippen LogP contribution in [0.2, 0.25) is 0 Å². The number of hydrogen-bond donors (Lipinski definition) is 2. The van der Waals surface area contributed by atoms with Crippen molar-refractivity contribution in [1.82, 2.24) is 5.43 Å². The van der Waals surface area contributed by atoms with Crippen molar-refractivity contribution in [3.8, 4) is 0 Å². The van der Waals surface area contributed by atoms with E-state index in [4.69, 9.17) is 0 Å². The molecule has 0 fully saturated rings. The molecule has 3 aromatic rings. The first-order valence-electron chi connectivity index (χ1n) is 9.74. The molecule has 0 radical (unpaired) electrons. The summed E-state index contributed by atoms with van der Waals surface area (Å²) in [7, 11) is 0. The van der Waals surface area contributed by atoms with Crippen LogP contribution in [0.4, 0.5) is 5.69 Å². The van der Waals surface area contributed by atoms with Crippen LogP contribution in [0, 0.1) is 0 Å². The van der Waals surface area contributed by atoms with E-state index in [1.165, 1.54) is 0 Å². The SMILES string of the molecule is O=C1NN=C(Cc2ccccc2)/C1=C1\C=C(Sc2ccccc2)c2ccccc2N1. The molecule has 4 nitrogen and oxygen atoms in total. The zero-order chi connectivity index (χ0) is 20.3. The van der Waals surface area contributed by atoms with E-state index >= 15 is 0 Å². The lowest BCUT2D eigenvalue weighted by Gasteiger charge is -2.22. The maximum Gasteiger partial charge on any atom is 0.275 e. The normalized spacial score (nSPS) is 17.5. The molecule has 2 aliphatic heterocycles. The second kappa shape index (κ2) is 8.05. The average molecular weight is 410 g/mol. The third-order valence-corrected chi connectivity index (χ3v) is 6.07. The highest BCUT2D eigenvalue weighted by Crippen LogP contribution is 2.42. The first-order valence-corrected chi connectivity index (χ1v) is 10.6. The van der Waals surface area contributed by atoms with Crippen LogP contribution in [-0.2, 0) is 11.2 Å². The molecule has 0 saturated carbocycles. The lowest BCUT2D eigenvalue weighted by atomic mass is 9.98. The van der Waals surface area contributed by atoms with Crippen LogP contribution in [0.1, 0.15) is 11.1 Å². The van der Waals surface area contributed by atoms with Crippen molar-refractivity contribution in [3.05, 3.63) is 113 Å². The minimum atomic E-state index is -0.178. The van der Waals surface area contributed by atoms with E-state index in [-0.39, 0.29) is 5.91 Å². The number of nitrogens with one attached hydrogen (secondary N) is 2. The molecule has 0 spiro atoms. The molecular weight excluding hydrogens is 390 g/mol. The lowest BCUT2D eigenvalue weighted by Crippen LogP contribution is -2.20. The first-order chi connectivity index (χ1) is 14.8. The van der Waals surface area contributed by atoms with Gasteiger partial charge in [-0.1, -0.05) is 78.5 Å². The van der Waals surface area contributed by atoms with Crippen LogP contribution in [-0.4, -0.2) is 11.6 Å². The predicted octanol–water partition coefficient (Wildman–Crippen LogP) is 5.23. The van der Waals surface area contributed by atoms with Gasteiger partial charge in [-0.25, -0.2) is 5.43 Å². The number of hydrazone groups is 1. The van der Waals surface area contributed by atoms with Gasteiger partial charge in [-0.2, -0.15) is 5.10 Å². The van der Waals surface area contributed by atoms with Crippen LogP contribution in [0.15, 0.2) is 112 Å². The standard InChI is InChI=1S/C25H19N3OS/c29-25-24(22(27-28-25)15-17-9-3-1-4-10-17)21-16-23(30-18-11-5-2-6-12-18)19-13-7-8-14-20(19)26-21/h1-14,16,26H,15H2,(H,28,29)/b24-21-. The summed E-state index contributed by atoms with van der Waals surface area (Å²) in [5.41, 5.74) is 7.98. The molecule has 146 valence electrons. The van der Waals surface area contributed by atoms with Crippen molar-refractivity contribution in [3.63, 3.8) is 0 Å². The number of benzene rings is 3. The number of allylic oxidation sites excluding steroid dienone is 1. The van der Waals surface area contributed by atoms with Gasteiger partial charge in [-0.3, -0.25) is 4.79 Å². The number of para-hydroxylation sites is 1. The number of rotatable bonds is 4. The van der Waals surface area contributed by atoms with Gasteiger partial charge in [-0.15, -0.1) is 0 Å². The number of fused-ring (bicyclic) bond motifs is 1. The number of nitrogens with zero attached hydrogens (tertiary/aromatic N) is 1. The number of carbonyl (C=O) groups excluding carboxylic acids is 1. The van der Waals surface area contributed by atoms with Gasteiger partial charge in [0.25, 0.3) is 5.91 Å². The van der Waals surface area contributed by atoms with E-state index in [9.17, 15) is 4.79 Å². The number of thioether (sulfide) groups is 1. The summed E-state index contributed by atoms with van der Waals surface area (Å²) in [6, 6.07) is 28.5. The van der Waals surface area contributed by atoms with E-state index in [1.54, 1.807) is 11.8 Å². The maximum absolute atomic E-state index is 12.7. The molecule has 1 amide bonds. The molecule has 2 aliphatic rings. The molecule has 0 aliphatic carbocycles. The molecule has 5 rings (SSSR count). The fourth-order valence-corrected chi connectivity index (χ4v) is 4.60. The van der Waals surface area contributed by atoms with Gasteiger partial charge in [0.05, 0.1) is 17.0 Å². The van der Waals surface area contributed by atoms with Crippen molar-refractivity contribution in [2.75, 3.05) is 5.32 Å². The Bertz CT molecular complexity index is 1200. The Hall–Kier alpha value is -3.57. The lowest BCUT2D eigenvalue weighted by molar-refractivity contribution is -0.116. The molecule has 2 N–H and O–H groups in total. The van der Waals surface area contributed by atoms with Crippen molar-refractivity contribution in [2.24, 2.45) is 5.10 Å². The van der Waals surface area contributed by atoms with Gasteiger partial charge in [-0.05, 0) is 29.8 Å². The number of amides is 1. The molecule has 3 aromatic carbocycles. The molecule has 5 heteroatoms. The van der Waals surface area contributed by atoms with Crippen molar-refractivity contribution >= 4 is 34.0 Å². The Kier molecular flexibility index (Phi) is 4.95. The van der Waals surface area contributed by atoms with Crippen molar-refractivity contribution in [2.45, 2.75) is 11.3 Å². The van der Waals surface area contributed by atoms with Crippen LogP contribution in [0.3, 0.4) is 0 Å². The van der Waals surface area contributed by atoms with E-state index in [1.807, 2.05) is 66.7 Å². The maximum atomic E-state index is 12.7. The number of hydrogen-bond acceptors (Lipinski definition) is 4. The number of anilines is 1. The Morgan fingerprint density at radius 1 is 0.833 bits per heavy atom. The zero-order valence-electron chi connectivity index (χ0n) is 16.1. The van der Waals surface area contributed by atoms with Gasteiger partial charge < -0.3 is 5.32 Å². The molecule has 30 heavy (non-hydrogen) atoms. The summed E-state index contributed by atoms with van der Waals surface area (Å²) in [5.74, 6) is -0.178. The minimum absolute atomic E-state index is 0.178. The number of carbonyl (C=O) groups is 1. The van der Waals surface area contributed by atoms with Crippen LogP contribution in [0.25, 0.3) is 4.91 Å². The fraction of sp³-hybridized carbons (Fsp3) is 0.0400. The minimum Gasteiger partial charge on any atom is -0.354 e. The first kappa shape index (κ1) is 18.5. The van der Waals surface area contributed by atoms with Crippen molar-refractivity contribution < 1.29 is 4.79 Å². The van der Waals surface area contributed by atoms with E-state index in [2.05, 4.69) is 40.1 Å². The quantitative estimate of drug-likeness (QED) is 0.580. The molecule has 0 saturated heterocycles. The molecule has 0 bridgehead atoms. The highest BCUT2D eigenvalue weighted by molar-refractivity contribution is 8.08. The average Bonchev–Trinajstić information content (AvgIpc) is 3.15. The topological polar surface area (TPSA) is 53.5 Å². The monoisotopic (exact) mass is 409 g/mol. The van der Waals surface area contributed by atoms with Gasteiger partial charge in [0.2, 0.25) is 0 Å². The summed E-state index contributed by atoms with van der Waals surface area (Å²) in [4.78, 5) is 14.9. The molecular formula is C25H19N3OS. The Balaban J connectivity index is 1.57. The van der Waals surface area contributed by atoms with E-state index in [0.29, 0.717) is 12.0 Å². The van der Waals surface area contributed by atoms with Gasteiger partial charge >= 0.3 is 0 Å². The molecule has 0 aromatic heterocycles. The van der Waals surface area contributed by atoms with Crippen molar-refractivity contribution in [1.29, 1.82) is 0 Å². The van der Waals surface area contributed by atoms with Crippen LogP contribution < -0.4 is 10.7 Å². The highest BCUT2D eigenvalue weighted by Gasteiger charge is 2.28. The molecule has 2 heterocycles. The third kappa shape index (κ3) is 3.67. The predicted molar refractivity (Wildman–Crippen MR) is 123 cm³/mol. The smallest absolute Gasteiger partial charge is 0.275 e. The summed E-state index contributed by atoms with van der Waals surface area (Å²) in [6.07, 6.45) is 2.65. The second-order valence-electron chi connectivity index (χ2n) is 7.04. The van der Waals surface area contributed by atoms with Crippen LogP contribution in [0.5, 0.6) is 0 Å². The summed E-state index contributed by atoms with van der Waals surface area (Å²) >= 11 is 1.69. The second-order valence-corrected chi connectivity index (χ2v) is 8.16. The Morgan fingerprint density at radius 2 is 1.53 bits per heavy atom. The highest BCUT2D eigenvalue weighted by atomic mass is 32.2.